The molecule has 1 aliphatic rings. The average molecular weight is 552 g/mol. The summed E-state index contributed by atoms with van der Waals surface area (Å²) in [6.07, 6.45) is 3.14. The monoisotopic (exact) mass is 551 g/mol. The van der Waals surface area contributed by atoms with Crippen molar-refractivity contribution in [3.63, 3.8) is 0 Å². The van der Waals surface area contributed by atoms with Crippen LogP contribution in [0.25, 0.3) is 0 Å². The molecule has 0 saturated carbocycles. The highest BCUT2D eigenvalue weighted by molar-refractivity contribution is 7.92. The summed E-state index contributed by atoms with van der Waals surface area (Å²) < 4.78 is 37.7. The van der Waals surface area contributed by atoms with E-state index in [1.807, 2.05) is 13.8 Å². The number of hydrogen-bond acceptors (Lipinski definition) is 6. The smallest absolute Gasteiger partial charge is 0.244 e. The molecule has 1 N–H and O–H groups in total. The molecule has 11 heteroatoms. The van der Waals surface area contributed by atoms with Gasteiger partial charge in [-0.05, 0) is 42.7 Å². The molecule has 1 aliphatic heterocycles. The van der Waals surface area contributed by atoms with Crippen LogP contribution in [0.1, 0.15) is 38.7 Å². The van der Waals surface area contributed by atoms with Crippen molar-refractivity contribution in [3.8, 4) is 11.5 Å². The maximum atomic E-state index is 13.7. The minimum Gasteiger partial charge on any atom is -0.486 e. The molecule has 0 aliphatic carbocycles. The number of carbonyl (C=O) groups is 2. The van der Waals surface area contributed by atoms with Gasteiger partial charge in [-0.2, -0.15) is 0 Å². The third-order valence-corrected chi connectivity index (χ3v) is 7.37. The Hall–Kier alpha value is -2.98. The van der Waals surface area contributed by atoms with Gasteiger partial charge in [-0.25, -0.2) is 8.42 Å². The predicted octanol–water partition coefficient (Wildman–Crippen LogP) is 3.60. The van der Waals surface area contributed by atoms with E-state index in [1.54, 1.807) is 42.5 Å². The number of hydrogen-bond donors (Lipinski definition) is 1. The first-order valence-corrected chi connectivity index (χ1v) is 14.6. The second-order valence-corrected chi connectivity index (χ2v) is 11.2. The summed E-state index contributed by atoms with van der Waals surface area (Å²) in [5, 5.41) is 3.45. The highest BCUT2D eigenvalue weighted by Gasteiger charge is 2.32. The molecule has 1 atom stereocenters. The molecule has 2 aromatic rings. The van der Waals surface area contributed by atoms with Crippen molar-refractivity contribution < 1.29 is 27.5 Å². The Morgan fingerprint density at radius 3 is 2.35 bits per heavy atom. The highest BCUT2D eigenvalue weighted by atomic mass is 35.5. The van der Waals surface area contributed by atoms with Gasteiger partial charge in [0.1, 0.15) is 25.8 Å². The Morgan fingerprint density at radius 1 is 1.05 bits per heavy atom. The summed E-state index contributed by atoms with van der Waals surface area (Å²) >= 11 is 6.02. The molecule has 0 unspecified atom stereocenters. The lowest BCUT2D eigenvalue weighted by Gasteiger charge is -2.33. The van der Waals surface area contributed by atoms with Gasteiger partial charge in [0, 0.05) is 24.2 Å². The summed E-state index contributed by atoms with van der Waals surface area (Å²) in [4.78, 5) is 28.2. The van der Waals surface area contributed by atoms with Crippen LogP contribution in [0.15, 0.2) is 42.5 Å². The van der Waals surface area contributed by atoms with Crippen LogP contribution < -0.4 is 19.1 Å². The third kappa shape index (κ3) is 7.75. The van der Waals surface area contributed by atoms with E-state index in [4.69, 9.17) is 21.1 Å². The normalized spacial score (nSPS) is 13.5. The van der Waals surface area contributed by atoms with Crippen LogP contribution in [-0.2, 0) is 26.2 Å². The standard InChI is InChI=1S/C26H34ClN3O6S/c1-4-6-13-28-26(32)22(5-2)29(17-19-7-9-20(27)10-8-19)25(31)18-30(37(3,33)34)21-11-12-23-24(16-21)36-15-14-35-23/h7-12,16,22H,4-6,13-15,17-18H2,1-3H3,(H,28,32)/t22-/m1/s1. The van der Waals surface area contributed by atoms with Gasteiger partial charge < -0.3 is 19.7 Å². The van der Waals surface area contributed by atoms with Gasteiger partial charge in [-0.15, -0.1) is 0 Å². The van der Waals surface area contributed by atoms with Crippen LogP contribution in [0.5, 0.6) is 11.5 Å². The predicted molar refractivity (Wildman–Crippen MR) is 144 cm³/mol. The molecule has 2 amide bonds. The fourth-order valence-electron chi connectivity index (χ4n) is 4.01. The first kappa shape index (κ1) is 28.6. The lowest BCUT2D eigenvalue weighted by molar-refractivity contribution is -0.140. The first-order chi connectivity index (χ1) is 17.6. The zero-order valence-electron chi connectivity index (χ0n) is 21.4. The molecule has 0 saturated heterocycles. The van der Waals surface area contributed by atoms with E-state index < -0.39 is 28.5 Å². The number of nitrogens with one attached hydrogen (secondary N) is 1. The van der Waals surface area contributed by atoms with Crippen LogP contribution in [0.2, 0.25) is 5.02 Å². The molecule has 37 heavy (non-hydrogen) atoms. The fourth-order valence-corrected chi connectivity index (χ4v) is 4.98. The number of unbranched alkanes of at least 4 members (excludes halogenated alkanes) is 1. The molecular weight excluding hydrogens is 518 g/mol. The lowest BCUT2D eigenvalue weighted by Crippen LogP contribution is -2.52. The molecule has 0 bridgehead atoms. The van der Waals surface area contributed by atoms with E-state index in [0.717, 1.165) is 29.0 Å². The van der Waals surface area contributed by atoms with Gasteiger partial charge in [-0.1, -0.05) is 44.0 Å². The first-order valence-electron chi connectivity index (χ1n) is 12.3. The number of halogens is 1. The molecule has 0 aromatic heterocycles. The van der Waals surface area contributed by atoms with Gasteiger partial charge in [-0.3, -0.25) is 13.9 Å². The zero-order valence-corrected chi connectivity index (χ0v) is 23.0. The van der Waals surface area contributed by atoms with Crippen molar-refractivity contribution in [3.05, 3.63) is 53.1 Å². The molecule has 1 heterocycles. The summed E-state index contributed by atoms with van der Waals surface area (Å²) in [5.74, 6) is 0.134. The third-order valence-electron chi connectivity index (χ3n) is 5.97. The number of benzene rings is 2. The number of nitrogens with zero attached hydrogens (tertiary/aromatic N) is 2. The molecule has 202 valence electrons. The molecule has 9 nitrogen and oxygen atoms in total. The lowest BCUT2D eigenvalue weighted by atomic mass is 10.1. The maximum Gasteiger partial charge on any atom is 0.244 e. The summed E-state index contributed by atoms with van der Waals surface area (Å²) in [7, 11) is -3.85. The average Bonchev–Trinajstić information content (AvgIpc) is 2.87. The molecular formula is C26H34ClN3O6S. The van der Waals surface area contributed by atoms with Gasteiger partial charge >= 0.3 is 0 Å². The van der Waals surface area contributed by atoms with Crippen molar-refractivity contribution in [2.24, 2.45) is 0 Å². The van der Waals surface area contributed by atoms with Crippen LogP contribution in [-0.4, -0.2) is 63.7 Å². The quantitative estimate of drug-likeness (QED) is 0.404. The van der Waals surface area contributed by atoms with E-state index >= 15 is 0 Å². The number of fused-ring (bicyclic) bond motifs is 1. The van der Waals surface area contributed by atoms with Gasteiger partial charge in [0.05, 0.1) is 11.9 Å². The Labute approximate surface area is 223 Å². The Bertz CT molecular complexity index is 1190. The molecule has 2 aromatic carbocycles. The number of anilines is 1. The van der Waals surface area contributed by atoms with E-state index in [9.17, 15) is 18.0 Å². The molecule has 0 radical (unpaired) electrons. The topological polar surface area (TPSA) is 105 Å². The van der Waals surface area contributed by atoms with Gasteiger partial charge in [0.2, 0.25) is 21.8 Å². The number of rotatable bonds is 12. The Kier molecular flexibility index (Phi) is 10.0. The van der Waals surface area contributed by atoms with Crippen LogP contribution >= 0.6 is 11.6 Å². The Morgan fingerprint density at radius 2 is 1.73 bits per heavy atom. The highest BCUT2D eigenvalue weighted by Crippen LogP contribution is 2.34. The summed E-state index contributed by atoms with van der Waals surface area (Å²) in [6.45, 7) is 4.73. The van der Waals surface area contributed by atoms with Crippen molar-refractivity contribution in [1.82, 2.24) is 10.2 Å². The minimum atomic E-state index is -3.85. The minimum absolute atomic E-state index is 0.119. The maximum absolute atomic E-state index is 13.7. The second-order valence-electron chi connectivity index (χ2n) is 8.81. The molecule has 3 rings (SSSR count). The van der Waals surface area contributed by atoms with Crippen LogP contribution in [0, 0.1) is 0 Å². The van der Waals surface area contributed by atoms with E-state index in [1.165, 1.54) is 4.90 Å². The number of amides is 2. The van der Waals surface area contributed by atoms with Crippen molar-refractivity contribution in [2.75, 3.05) is 36.9 Å². The zero-order chi connectivity index (χ0) is 27.0. The molecule has 0 spiro atoms. The van der Waals surface area contributed by atoms with Gasteiger partial charge in [0.15, 0.2) is 11.5 Å². The summed E-state index contributed by atoms with van der Waals surface area (Å²) in [6, 6.07) is 10.9. The van der Waals surface area contributed by atoms with Gasteiger partial charge in [0.25, 0.3) is 0 Å². The largest absolute Gasteiger partial charge is 0.486 e. The van der Waals surface area contributed by atoms with Crippen molar-refractivity contribution in [1.29, 1.82) is 0 Å². The Balaban J connectivity index is 1.92. The second kappa shape index (κ2) is 13.0. The van der Waals surface area contributed by atoms with Crippen LogP contribution in [0.3, 0.4) is 0 Å². The van der Waals surface area contributed by atoms with Crippen LogP contribution in [0.4, 0.5) is 5.69 Å². The fraction of sp³-hybridized carbons (Fsp3) is 0.462. The molecule has 0 fully saturated rings. The van der Waals surface area contributed by atoms with E-state index in [-0.39, 0.29) is 18.1 Å². The van der Waals surface area contributed by atoms with Crippen molar-refractivity contribution in [2.45, 2.75) is 45.7 Å². The van der Waals surface area contributed by atoms with E-state index in [0.29, 0.717) is 42.7 Å². The number of carbonyl (C=O) groups excluding carboxylic acids is 2. The number of ether oxygens (including phenoxy) is 2. The van der Waals surface area contributed by atoms with E-state index in [2.05, 4.69) is 5.32 Å². The SMILES string of the molecule is CCCCNC(=O)[C@@H](CC)N(Cc1ccc(Cl)cc1)C(=O)CN(c1ccc2c(c1)OCCO2)S(C)(=O)=O. The summed E-state index contributed by atoms with van der Waals surface area (Å²) in [5.41, 5.74) is 1.04. The number of sulfonamides is 1. The van der Waals surface area contributed by atoms with Crippen molar-refractivity contribution >= 4 is 39.1 Å².